The molecule has 0 aliphatic heterocycles. The first-order valence-corrected chi connectivity index (χ1v) is 7.42. The molecule has 1 saturated carbocycles. The topological polar surface area (TPSA) is 29.9 Å². The third-order valence-electron chi connectivity index (χ3n) is 4.30. The highest BCUT2D eigenvalue weighted by Gasteiger charge is 2.16. The molecule has 1 fully saturated rings. The lowest BCUT2D eigenvalue weighted by Crippen LogP contribution is -2.28. The average Bonchev–Trinajstić information content (AvgIpc) is 2.81. The van der Waals surface area contributed by atoms with Gasteiger partial charge in [-0.2, -0.15) is 5.10 Å². The van der Waals surface area contributed by atoms with Crippen molar-refractivity contribution < 1.29 is 0 Å². The van der Waals surface area contributed by atoms with Crippen LogP contribution in [0.15, 0.2) is 12.4 Å². The molecule has 0 spiro atoms. The summed E-state index contributed by atoms with van der Waals surface area (Å²) in [6, 6.07) is 0.608. The van der Waals surface area contributed by atoms with Gasteiger partial charge in [-0.25, -0.2) is 0 Å². The minimum absolute atomic E-state index is 0.608. The molecule has 2 rings (SSSR count). The zero-order valence-corrected chi connectivity index (χ0v) is 11.9. The van der Waals surface area contributed by atoms with Gasteiger partial charge in [-0.15, -0.1) is 0 Å². The Kier molecular flexibility index (Phi) is 5.24. The Morgan fingerprint density at radius 1 is 1.39 bits per heavy atom. The molecule has 1 heterocycles. The van der Waals surface area contributed by atoms with Gasteiger partial charge in [-0.05, 0) is 37.8 Å². The lowest BCUT2D eigenvalue weighted by atomic mass is 9.85. The molecular weight excluding hydrogens is 222 g/mol. The molecule has 0 amide bonds. The SMILES string of the molecule is CNC(CCC1CCCCC1)Cc1cnn(C)c1. The lowest BCUT2D eigenvalue weighted by Gasteiger charge is -2.24. The largest absolute Gasteiger partial charge is 0.317 e. The predicted octanol–water partition coefficient (Wildman–Crippen LogP) is 2.91. The zero-order valence-electron chi connectivity index (χ0n) is 11.9. The molecule has 1 unspecified atom stereocenters. The number of hydrogen-bond acceptors (Lipinski definition) is 2. The maximum atomic E-state index is 4.24. The van der Waals surface area contributed by atoms with Gasteiger partial charge in [0.25, 0.3) is 0 Å². The Bertz CT molecular complexity index is 339. The van der Waals surface area contributed by atoms with E-state index in [1.54, 1.807) is 0 Å². The molecule has 0 radical (unpaired) electrons. The summed E-state index contributed by atoms with van der Waals surface area (Å²) in [5, 5.41) is 7.71. The number of likely N-dealkylation sites (N-methyl/N-ethyl adjacent to an activating group) is 1. The van der Waals surface area contributed by atoms with Crippen LogP contribution in [0.2, 0.25) is 0 Å². The van der Waals surface area contributed by atoms with Crippen LogP contribution in [0.1, 0.15) is 50.5 Å². The Balaban J connectivity index is 1.74. The fourth-order valence-electron chi connectivity index (χ4n) is 3.12. The first kappa shape index (κ1) is 13.6. The average molecular weight is 249 g/mol. The van der Waals surface area contributed by atoms with Gasteiger partial charge in [0, 0.05) is 19.3 Å². The Labute approximate surface area is 111 Å². The van der Waals surface area contributed by atoms with E-state index in [1.165, 1.54) is 50.5 Å². The third-order valence-corrected chi connectivity index (χ3v) is 4.30. The molecule has 18 heavy (non-hydrogen) atoms. The third kappa shape index (κ3) is 4.13. The van der Waals surface area contributed by atoms with Crippen molar-refractivity contribution in [3.05, 3.63) is 18.0 Å². The predicted molar refractivity (Wildman–Crippen MR) is 75.6 cm³/mol. The van der Waals surface area contributed by atoms with Gasteiger partial charge >= 0.3 is 0 Å². The summed E-state index contributed by atoms with van der Waals surface area (Å²) in [6.07, 6.45) is 15.2. The van der Waals surface area contributed by atoms with Gasteiger partial charge in [0.2, 0.25) is 0 Å². The quantitative estimate of drug-likeness (QED) is 0.840. The molecule has 1 aliphatic rings. The fraction of sp³-hybridized carbons (Fsp3) is 0.800. The molecule has 0 aromatic carbocycles. The number of nitrogens with zero attached hydrogens (tertiary/aromatic N) is 2. The standard InChI is InChI=1S/C15H27N3/c1-16-15(10-14-11-17-18(2)12-14)9-8-13-6-4-3-5-7-13/h11-13,15-16H,3-10H2,1-2H3. The van der Waals surface area contributed by atoms with Crippen molar-refractivity contribution in [2.45, 2.75) is 57.4 Å². The van der Waals surface area contributed by atoms with Gasteiger partial charge in [-0.1, -0.05) is 32.1 Å². The van der Waals surface area contributed by atoms with E-state index in [9.17, 15) is 0 Å². The molecule has 0 bridgehead atoms. The normalized spacial score (nSPS) is 19.0. The second-order valence-corrected chi connectivity index (χ2v) is 5.79. The number of hydrogen-bond donors (Lipinski definition) is 1. The van der Waals surface area contributed by atoms with Crippen LogP contribution < -0.4 is 5.32 Å². The number of aromatic nitrogens is 2. The molecule has 3 heteroatoms. The van der Waals surface area contributed by atoms with Crippen molar-refractivity contribution in [3.8, 4) is 0 Å². The molecule has 102 valence electrons. The summed E-state index contributed by atoms with van der Waals surface area (Å²) in [6.45, 7) is 0. The van der Waals surface area contributed by atoms with E-state index in [-0.39, 0.29) is 0 Å². The Morgan fingerprint density at radius 2 is 2.17 bits per heavy atom. The minimum atomic E-state index is 0.608. The van der Waals surface area contributed by atoms with Crippen molar-refractivity contribution in [2.24, 2.45) is 13.0 Å². The summed E-state index contributed by atoms with van der Waals surface area (Å²) < 4.78 is 1.89. The molecule has 3 nitrogen and oxygen atoms in total. The summed E-state index contributed by atoms with van der Waals surface area (Å²) >= 11 is 0. The zero-order chi connectivity index (χ0) is 12.8. The van der Waals surface area contributed by atoms with E-state index in [1.807, 2.05) is 17.9 Å². The highest BCUT2D eigenvalue weighted by atomic mass is 15.2. The Hall–Kier alpha value is -0.830. The van der Waals surface area contributed by atoms with Crippen molar-refractivity contribution >= 4 is 0 Å². The van der Waals surface area contributed by atoms with Crippen molar-refractivity contribution in [3.63, 3.8) is 0 Å². The molecule has 1 aromatic heterocycles. The molecule has 0 saturated heterocycles. The van der Waals surface area contributed by atoms with Crippen molar-refractivity contribution in [2.75, 3.05) is 7.05 Å². The van der Waals surface area contributed by atoms with Crippen LogP contribution in [0, 0.1) is 5.92 Å². The van der Waals surface area contributed by atoms with Crippen LogP contribution in [-0.4, -0.2) is 22.9 Å². The first-order valence-electron chi connectivity index (χ1n) is 7.42. The van der Waals surface area contributed by atoms with E-state index < -0.39 is 0 Å². The molecule has 1 aromatic rings. The van der Waals surface area contributed by atoms with E-state index in [0.717, 1.165) is 12.3 Å². The molecular formula is C15H27N3. The van der Waals surface area contributed by atoms with Crippen molar-refractivity contribution in [1.29, 1.82) is 0 Å². The number of nitrogens with one attached hydrogen (secondary N) is 1. The van der Waals surface area contributed by atoms with Gasteiger partial charge in [0.05, 0.1) is 6.20 Å². The Morgan fingerprint density at radius 3 is 2.78 bits per heavy atom. The van der Waals surface area contributed by atoms with E-state index in [4.69, 9.17) is 0 Å². The maximum Gasteiger partial charge on any atom is 0.0522 e. The second kappa shape index (κ2) is 6.93. The van der Waals surface area contributed by atoms with Gasteiger partial charge in [0.1, 0.15) is 0 Å². The van der Waals surface area contributed by atoms with E-state index in [2.05, 4.69) is 23.7 Å². The molecule has 1 aliphatic carbocycles. The number of aryl methyl sites for hydroxylation is 1. The van der Waals surface area contributed by atoms with Crippen LogP contribution in [0.5, 0.6) is 0 Å². The summed E-state index contributed by atoms with van der Waals surface area (Å²) in [5.41, 5.74) is 1.35. The molecule has 1 atom stereocenters. The molecule has 1 N–H and O–H groups in total. The highest BCUT2D eigenvalue weighted by Crippen LogP contribution is 2.28. The van der Waals surface area contributed by atoms with Gasteiger partial charge in [0.15, 0.2) is 0 Å². The summed E-state index contributed by atoms with van der Waals surface area (Å²) in [4.78, 5) is 0. The van der Waals surface area contributed by atoms with Crippen molar-refractivity contribution in [1.82, 2.24) is 15.1 Å². The smallest absolute Gasteiger partial charge is 0.0522 e. The maximum absolute atomic E-state index is 4.24. The lowest BCUT2D eigenvalue weighted by molar-refractivity contribution is 0.316. The summed E-state index contributed by atoms with van der Waals surface area (Å²) in [5.74, 6) is 0.989. The second-order valence-electron chi connectivity index (χ2n) is 5.79. The van der Waals surface area contributed by atoms with Gasteiger partial charge < -0.3 is 5.32 Å². The van der Waals surface area contributed by atoms with Crippen LogP contribution in [0.3, 0.4) is 0 Å². The van der Waals surface area contributed by atoms with Crippen LogP contribution >= 0.6 is 0 Å². The monoisotopic (exact) mass is 249 g/mol. The van der Waals surface area contributed by atoms with E-state index >= 15 is 0 Å². The van der Waals surface area contributed by atoms with Crippen LogP contribution in [0.25, 0.3) is 0 Å². The summed E-state index contributed by atoms with van der Waals surface area (Å²) in [7, 11) is 4.07. The highest BCUT2D eigenvalue weighted by molar-refractivity contribution is 5.05. The minimum Gasteiger partial charge on any atom is -0.317 e. The van der Waals surface area contributed by atoms with E-state index in [0.29, 0.717) is 6.04 Å². The fourth-order valence-corrected chi connectivity index (χ4v) is 3.12. The van der Waals surface area contributed by atoms with Gasteiger partial charge in [-0.3, -0.25) is 4.68 Å². The van der Waals surface area contributed by atoms with Crippen LogP contribution in [0.4, 0.5) is 0 Å². The number of rotatable bonds is 6. The first-order chi connectivity index (χ1) is 8.78. The van der Waals surface area contributed by atoms with Crippen LogP contribution in [-0.2, 0) is 13.5 Å².